The van der Waals surface area contributed by atoms with Crippen LogP contribution < -0.4 is 5.32 Å². The number of hydrogen-bond donors (Lipinski definition) is 1. The van der Waals surface area contributed by atoms with Crippen molar-refractivity contribution in [1.82, 2.24) is 19.7 Å². The fourth-order valence-electron chi connectivity index (χ4n) is 2.68. The Hall–Kier alpha value is -1.97. The molecule has 0 saturated carbocycles. The fraction of sp³-hybridized carbons (Fsp3) is 0.471. The molecule has 0 atom stereocenters. The van der Waals surface area contributed by atoms with Crippen molar-refractivity contribution in [2.45, 2.75) is 25.2 Å². The van der Waals surface area contributed by atoms with Gasteiger partial charge in [-0.3, -0.25) is 9.69 Å². The van der Waals surface area contributed by atoms with E-state index in [-0.39, 0.29) is 17.5 Å². The van der Waals surface area contributed by atoms with Crippen molar-refractivity contribution in [1.29, 1.82) is 0 Å². The number of carbonyl (C=O) groups is 1. The maximum absolute atomic E-state index is 12.9. The molecule has 1 aromatic heterocycles. The molecule has 2 heterocycles. The van der Waals surface area contributed by atoms with E-state index in [1.807, 2.05) is 11.5 Å². The summed E-state index contributed by atoms with van der Waals surface area (Å²) in [6.45, 7) is 6.77. The van der Waals surface area contributed by atoms with E-state index in [4.69, 9.17) is 4.74 Å². The number of thioether (sulfide) groups is 1. The maximum atomic E-state index is 12.9. The number of nitrogens with one attached hydrogen (secondary N) is 1. The number of benzene rings is 1. The molecule has 140 valence electrons. The van der Waals surface area contributed by atoms with Gasteiger partial charge in [0.2, 0.25) is 5.91 Å². The molecular formula is C17H22FN5O2S. The van der Waals surface area contributed by atoms with Gasteiger partial charge in [0.1, 0.15) is 11.6 Å². The molecule has 1 aromatic carbocycles. The quantitative estimate of drug-likeness (QED) is 0.742. The first-order valence-corrected chi connectivity index (χ1v) is 9.54. The van der Waals surface area contributed by atoms with Crippen molar-refractivity contribution in [2.75, 3.05) is 37.4 Å². The fourth-order valence-corrected chi connectivity index (χ4v) is 3.50. The average molecular weight is 379 g/mol. The lowest BCUT2D eigenvalue weighted by atomic mass is 10.3. The van der Waals surface area contributed by atoms with Crippen LogP contribution in [0.1, 0.15) is 12.7 Å². The smallest absolute Gasteiger partial charge is 0.234 e. The summed E-state index contributed by atoms with van der Waals surface area (Å²) in [6, 6.07) is 5.70. The van der Waals surface area contributed by atoms with Crippen LogP contribution in [-0.4, -0.2) is 57.6 Å². The normalized spacial score (nSPS) is 15.2. The van der Waals surface area contributed by atoms with Crippen LogP contribution in [0.5, 0.6) is 0 Å². The van der Waals surface area contributed by atoms with Gasteiger partial charge < -0.3 is 14.6 Å². The number of hydrogen-bond acceptors (Lipinski definition) is 6. The molecule has 1 aliphatic rings. The molecule has 9 heteroatoms. The number of halogens is 1. The molecule has 2 aromatic rings. The lowest BCUT2D eigenvalue weighted by Gasteiger charge is -2.26. The number of amides is 1. The van der Waals surface area contributed by atoms with Gasteiger partial charge in [-0.05, 0) is 31.2 Å². The molecule has 1 amide bonds. The lowest BCUT2D eigenvalue weighted by molar-refractivity contribution is -0.113. The summed E-state index contributed by atoms with van der Waals surface area (Å²) >= 11 is 1.35. The molecule has 0 aliphatic carbocycles. The van der Waals surface area contributed by atoms with Crippen LogP contribution in [0, 0.1) is 5.82 Å². The summed E-state index contributed by atoms with van der Waals surface area (Å²) < 4.78 is 20.3. The SMILES string of the molecule is CCn1c(CN2CCOCC2)nnc1SCC(=O)Nc1ccc(F)cc1. The summed E-state index contributed by atoms with van der Waals surface area (Å²) in [5.41, 5.74) is 0.571. The zero-order valence-electron chi connectivity index (χ0n) is 14.7. The molecule has 1 aliphatic heterocycles. The highest BCUT2D eigenvalue weighted by molar-refractivity contribution is 7.99. The highest BCUT2D eigenvalue weighted by atomic mass is 32.2. The highest BCUT2D eigenvalue weighted by Gasteiger charge is 2.17. The summed E-state index contributed by atoms with van der Waals surface area (Å²) in [5.74, 6) is 0.617. The standard InChI is InChI=1S/C17H22FN5O2S/c1-2-23-15(11-22-7-9-25-10-8-22)20-21-17(23)26-12-16(24)19-14-5-3-13(18)4-6-14/h3-6H,2,7-12H2,1H3,(H,19,24). The van der Waals surface area contributed by atoms with Crippen LogP contribution >= 0.6 is 11.8 Å². The molecule has 0 unspecified atom stereocenters. The Morgan fingerprint density at radius 1 is 1.27 bits per heavy atom. The van der Waals surface area contributed by atoms with E-state index in [9.17, 15) is 9.18 Å². The Labute approximate surface area is 155 Å². The molecule has 0 spiro atoms. The third-order valence-electron chi connectivity index (χ3n) is 4.04. The molecule has 3 rings (SSSR count). The Balaban J connectivity index is 1.55. The maximum Gasteiger partial charge on any atom is 0.234 e. The van der Waals surface area contributed by atoms with Crippen LogP contribution in [0.3, 0.4) is 0 Å². The molecule has 0 radical (unpaired) electrons. The predicted octanol–water partition coefficient (Wildman–Crippen LogP) is 2.00. The number of carbonyl (C=O) groups excluding carboxylic acids is 1. The Morgan fingerprint density at radius 2 is 2.00 bits per heavy atom. The van der Waals surface area contributed by atoms with Crippen molar-refractivity contribution in [3.63, 3.8) is 0 Å². The Bertz CT molecular complexity index is 731. The number of ether oxygens (including phenoxy) is 1. The van der Waals surface area contributed by atoms with Crippen LogP contribution in [-0.2, 0) is 22.6 Å². The van der Waals surface area contributed by atoms with Crippen molar-refractivity contribution in [3.8, 4) is 0 Å². The van der Waals surface area contributed by atoms with Gasteiger partial charge in [0, 0.05) is 25.3 Å². The van der Waals surface area contributed by atoms with E-state index in [0.29, 0.717) is 5.69 Å². The third kappa shape index (κ3) is 5.03. The van der Waals surface area contributed by atoms with Crippen molar-refractivity contribution in [3.05, 3.63) is 35.9 Å². The van der Waals surface area contributed by atoms with Gasteiger partial charge in [-0.2, -0.15) is 0 Å². The van der Waals surface area contributed by atoms with E-state index >= 15 is 0 Å². The summed E-state index contributed by atoms with van der Waals surface area (Å²) in [7, 11) is 0. The number of morpholine rings is 1. The minimum Gasteiger partial charge on any atom is -0.379 e. The summed E-state index contributed by atoms with van der Waals surface area (Å²) in [4.78, 5) is 14.4. The van der Waals surface area contributed by atoms with E-state index in [2.05, 4.69) is 20.4 Å². The van der Waals surface area contributed by atoms with Gasteiger partial charge in [-0.15, -0.1) is 10.2 Å². The minimum atomic E-state index is -0.332. The number of rotatable bonds is 7. The van der Waals surface area contributed by atoms with Gasteiger partial charge >= 0.3 is 0 Å². The topological polar surface area (TPSA) is 72.3 Å². The zero-order chi connectivity index (χ0) is 18.4. The van der Waals surface area contributed by atoms with Gasteiger partial charge in [-0.25, -0.2) is 4.39 Å². The molecule has 7 nitrogen and oxygen atoms in total. The molecule has 0 bridgehead atoms. The Kier molecular flexibility index (Phi) is 6.59. The second-order valence-corrected chi connectivity index (χ2v) is 6.82. The number of anilines is 1. The first-order valence-electron chi connectivity index (χ1n) is 8.56. The van der Waals surface area contributed by atoms with Crippen LogP contribution in [0.2, 0.25) is 0 Å². The van der Waals surface area contributed by atoms with Crippen molar-refractivity contribution < 1.29 is 13.9 Å². The first-order chi connectivity index (χ1) is 12.7. The molecular weight excluding hydrogens is 357 g/mol. The number of nitrogens with zero attached hydrogens (tertiary/aromatic N) is 4. The van der Waals surface area contributed by atoms with Crippen LogP contribution in [0.25, 0.3) is 0 Å². The molecule has 1 fully saturated rings. The van der Waals surface area contributed by atoms with E-state index in [1.165, 1.54) is 36.0 Å². The van der Waals surface area contributed by atoms with E-state index < -0.39 is 0 Å². The lowest BCUT2D eigenvalue weighted by Crippen LogP contribution is -2.36. The second-order valence-electron chi connectivity index (χ2n) is 5.88. The average Bonchev–Trinajstić information content (AvgIpc) is 3.04. The number of aromatic nitrogens is 3. The largest absolute Gasteiger partial charge is 0.379 e. The van der Waals surface area contributed by atoms with Crippen LogP contribution in [0.4, 0.5) is 10.1 Å². The first kappa shape index (κ1) is 18.8. The third-order valence-corrected chi connectivity index (χ3v) is 5.01. The van der Waals surface area contributed by atoms with Gasteiger partial charge in [0.15, 0.2) is 5.16 Å². The van der Waals surface area contributed by atoms with Crippen molar-refractivity contribution >= 4 is 23.4 Å². The van der Waals surface area contributed by atoms with Gasteiger partial charge in [0.05, 0.1) is 25.5 Å². The van der Waals surface area contributed by atoms with Gasteiger partial charge in [-0.1, -0.05) is 11.8 Å². The monoisotopic (exact) mass is 379 g/mol. The minimum absolute atomic E-state index is 0.165. The summed E-state index contributed by atoms with van der Waals surface area (Å²) in [5, 5.41) is 12.0. The molecule has 1 saturated heterocycles. The van der Waals surface area contributed by atoms with E-state index in [0.717, 1.165) is 50.4 Å². The van der Waals surface area contributed by atoms with E-state index in [1.54, 1.807) is 0 Å². The van der Waals surface area contributed by atoms with Crippen LogP contribution in [0.15, 0.2) is 29.4 Å². The van der Waals surface area contributed by atoms with Crippen molar-refractivity contribution in [2.24, 2.45) is 0 Å². The summed E-state index contributed by atoms with van der Waals surface area (Å²) in [6.07, 6.45) is 0. The molecule has 1 N–H and O–H groups in total. The highest BCUT2D eigenvalue weighted by Crippen LogP contribution is 2.19. The second kappa shape index (κ2) is 9.11. The predicted molar refractivity (Wildman–Crippen MR) is 97.5 cm³/mol. The van der Waals surface area contributed by atoms with Gasteiger partial charge in [0.25, 0.3) is 0 Å². The Morgan fingerprint density at radius 3 is 2.69 bits per heavy atom. The molecule has 26 heavy (non-hydrogen) atoms. The zero-order valence-corrected chi connectivity index (χ0v) is 15.5.